The van der Waals surface area contributed by atoms with Crippen LogP contribution in [0.25, 0.3) is 0 Å². The Hall–Kier alpha value is -2.67. The van der Waals surface area contributed by atoms with Crippen LogP contribution in [0.4, 0.5) is 10.2 Å². The molecule has 0 amide bonds. The molecule has 0 saturated carbocycles. The summed E-state index contributed by atoms with van der Waals surface area (Å²) in [7, 11) is -3.65. The molecule has 0 aliphatic heterocycles. The van der Waals surface area contributed by atoms with Crippen LogP contribution in [-0.4, -0.2) is 18.2 Å². The standard InChI is InChI=1S/C16H14FN3O2S/c17-14-8-6-13(7-9-14)12-20-11-10-16(18-20)19-23(21,22)15-4-2-1-3-5-15/h1-11H,12H2,(H,18,19). The van der Waals surface area contributed by atoms with Gasteiger partial charge in [-0.25, -0.2) is 12.8 Å². The van der Waals surface area contributed by atoms with Crippen molar-refractivity contribution in [3.05, 3.63) is 78.2 Å². The molecule has 0 spiro atoms. The second-order valence-electron chi connectivity index (χ2n) is 4.94. The van der Waals surface area contributed by atoms with Gasteiger partial charge in [-0.3, -0.25) is 9.40 Å². The van der Waals surface area contributed by atoms with Gasteiger partial charge in [0, 0.05) is 12.3 Å². The highest BCUT2D eigenvalue weighted by Crippen LogP contribution is 2.14. The molecule has 0 fully saturated rings. The summed E-state index contributed by atoms with van der Waals surface area (Å²) in [6.07, 6.45) is 1.66. The largest absolute Gasteiger partial charge is 0.266 e. The maximum atomic E-state index is 12.9. The van der Waals surface area contributed by atoms with Crippen LogP contribution in [0.1, 0.15) is 5.56 Å². The van der Waals surface area contributed by atoms with Crippen molar-refractivity contribution < 1.29 is 12.8 Å². The van der Waals surface area contributed by atoms with Gasteiger partial charge in [0.15, 0.2) is 5.82 Å². The molecule has 0 atom stereocenters. The van der Waals surface area contributed by atoms with Crippen LogP contribution in [0.2, 0.25) is 0 Å². The Morgan fingerprint density at radius 2 is 1.70 bits per heavy atom. The highest BCUT2D eigenvalue weighted by Gasteiger charge is 2.14. The summed E-state index contributed by atoms with van der Waals surface area (Å²) in [6, 6.07) is 15.7. The van der Waals surface area contributed by atoms with E-state index in [1.807, 2.05) is 0 Å². The van der Waals surface area contributed by atoms with Crippen molar-refractivity contribution in [2.24, 2.45) is 0 Å². The first-order valence-corrected chi connectivity index (χ1v) is 8.37. The third-order valence-electron chi connectivity index (χ3n) is 3.19. The summed E-state index contributed by atoms with van der Waals surface area (Å²) < 4.78 is 41.3. The highest BCUT2D eigenvalue weighted by atomic mass is 32.2. The van der Waals surface area contributed by atoms with E-state index in [4.69, 9.17) is 0 Å². The Balaban J connectivity index is 1.73. The van der Waals surface area contributed by atoms with Gasteiger partial charge in [-0.1, -0.05) is 30.3 Å². The second-order valence-corrected chi connectivity index (χ2v) is 6.63. The van der Waals surface area contributed by atoms with Gasteiger partial charge in [0.1, 0.15) is 5.82 Å². The predicted molar refractivity (Wildman–Crippen MR) is 85.0 cm³/mol. The van der Waals surface area contributed by atoms with Gasteiger partial charge < -0.3 is 0 Å². The Bertz CT molecular complexity index is 891. The Morgan fingerprint density at radius 3 is 2.39 bits per heavy atom. The first-order valence-electron chi connectivity index (χ1n) is 6.89. The molecule has 1 heterocycles. The first kappa shape index (κ1) is 15.2. The van der Waals surface area contributed by atoms with E-state index in [0.29, 0.717) is 6.54 Å². The molecule has 1 N–H and O–H groups in total. The number of sulfonamides is 1. The van der Waals surface area contributed by atoms with E-state index in [2.05, 4.69) is 9.82 Å². The molecule has 7 heteroatoms. The lowest BCUT2D eigenvalue weighted by Crippen LogP contribution is -2.13. The molecule has 5 nitrogen and oxygen atoms in total. The van der Waals surface area contributed by atoms with Crippen molar-refractivity contribution in [1.82, 2.24) is 9.78 Å². The van der Waals surface area contributed by atoms with E-state index in [1.54, 1.807) is 47.3 Å². The SMILES string of the molecule is O=S(=O)(Nc1ccn(Cc2ccc(F)cc2)n1)c1ccccc1. The molecule has 0 unspecified atom stereocenters. The van der Waals surface area contributed by atoms with Crippen molar-refractivity contribution in [1.29, 1.82) is 0 Å². The second kappa shape index (κ2) is 6.21. The molecule has 1 aromatic heterocycles. The molecular formula is C16H14FN3O2S. The van der Waals surface area contributed by atoms with Crippen molar-refractivity contribution in [3.8, 4) is 0 Å². The monoisotopic (exact) mass is 331 g/mol. The molecule has 0 saturated heterocycles. The number of benzene rings is 2. The fourth-order valence-electron chi connectivity index (χ4n) is 2.08. The quantitative estimate of drug-likeness (QED) is 0.782. The van der Waals surface area contributed by atoms with E-state index < -0.39 is 10.0 Å². The highest BCUT2D eigenvalue weighted by molar-refractivity contribution is 7.92. The van der Waals surface area contributed by atoms with Gasteiger partial charge in [-0.15, -0.1) is 0 Å². The predicted octanol–water partition coefficient (Wildman–Crippen LogP) is 2.87. The molecule has 0 bridgehead atoms. The van der Waals surface area contributed by atoms with Crippen LogP contribution in [0, 0.1) is 5.82 Å². The molecule has 0 radical (unpaired) electrons. The lowest BCUT2D eigenvalue weighted by atomic mass is 10.2. The summed E-state index contributed by atoms with van der Waals surface area (Å²) in [4.78, 5) is 0.174. The minimum atomic E-state index is -3.65. The molecule has 118 valence electrons. The van der Waals surface area contributed by atoms with Gasteiger partial charge in [0.05, 0.1) is 11.4 Å². The maximum absolute atomic E-state index is 12.9. The summed E-state index contributed by atoms with van der Waals surface area (Å²) in [6.45, 7) is 0.424. The number of hydrogen-bond donors (Lipinski definition) is 1. The topological polar surface area (TPSA) is 64.0 Å². The average Bonchev–Trinajstić information content (AvgIpc) is 2.97. The van der Waals surface area contributed by atoms with Gasteiger partial charge in [-0.2, -0.15) is 5.10 Å². The fourth-order valence-corrected chi connectivity index (χ4v) is 3.09. The number of hydrogen-bond acceptors (Lipinski definition) is 3. The van der Waals surface area contributed by atoms with Crippen molar-refractivity contribution in [3.63, 3.8) is 0 Å². The number of rotatable bonds is 5. The lowest BCUT2D eigenvalue weighted by molar-refractivity contribution is 0.600. The fraction of sp³-hybridized carbons (Fsp3) is 0.0625. The first-order chi connectivity index (χ1) is 11.0. The zero-order valence-corrected chi connectivity index (χ0v) is 12.9. The van der Waals surface area contributed by atoms with Crippen LogP contribution in [0.15, 0.2) is 71.8 Å². The van der Waals surface area contributed by atoms with Crippen LogP contribution < -0.4 is 4.72 Å². The average molecular weight is 331 g/mol. The van der Waals surface area contributed by atoms with Crippen LogP contribution in [-0.2, 0) is 16.6 Å². The molecule has 3 rings (SSSR count). The summed E-state index contributed by atoms with van der Waals surface area (Å²) >= 11 is 0. The number of nitrogens with zero attached hydrogens (tertiary/aromatic N) is 2. The number of anilines is 1. The third kappa shape index (κ3) is 3.75. The van der Waals surface area contributed by atoms with Crippen LogP contribution in [0.3, 0.4) is 0 Å². The summed E-state index contributed by atoms with van der Waals surface area (Å²) in [5.41, 5.74) is 0.868. The van der Waals surface area contributed by atoms with E-state index >= 15 is 0 Å². The Labute approximate surface area is 133 Å². The zero-order valence-electron chi connectivity index (χ0n) is 12.1. The lowest BCUT2D eigenvalue weighted by Gasteiger charge is -2.05. The van der Waals surface area contributed by atoms with E-state index in [0.717, 1.165) is 5.56 Å². The van der Waals surface area contributed by atoms with Crippen molar-refractivity contribution in [2.45, 2.75) is 11.4 Å². The van der Waals surface area contributed by atoms with Crippen LogP contribution in [0.5, 0.6) is 0 Å². The Morgan fingerprint density at radius 1 is 1.00 bits per heavy atom. The smallest absolute Gasteiger partial charge is 0.263 e. The van der Waals surface area contributed by atoms with E-state index in [9.17, 15) is 12.8 Å². The van der Waals surface area contributed by atoms with Gasteiger partial charge in [0.2, 0.25) is 0 Å². The van der Waals surface area contributed by atoms with Crippen molar-refractivity contribution >= 4 is 15.8 Å². The van der Waals surface area contributed by atoms with Crippen LogP contribution >= 0.6 is 0 Å². The molecular weight excluding hydrogens is 317 g/mol. The molecule has 3 aromatic rings. The van der Waals surface area contributed by atoms with Gasteiger partial charge in [-0.05, 0) is 29.8 Å². The van der Waals surface area contributed by atoms with E-state index in [1.165, 1.54) is 24.3 Å². The number of nitrogens with one attached hydrogen (secondary N) is 1. The van der Waals surface area contributed by atoms with Crippen molar-refractivity contribution in [2.75, 3.05) is 4.72 Å². The zero-order chi connectivity index (χ0) is 16.3. The van der Waals surface area contributed by atoms with Gasteiger partial charge >= 0.3 is 0 Å². The number of aromatic nitrogens is 2. The minimum absolute atomic E-state index is 0.174. The summed E-state index contributed by atoms with van der Waals surface area (Å²) in [5, 5.41) is 4.17. The molecule has 0 aliphatic carbocycles. The molecule has 0 aliphatic rings. The van der Waals surface area contributed by atoms with E-state index in [-0.39, 0.29) is 16.5 Å². The Kier molecular flexibility index (Phi) is 4.12. The normalized spacial score (nSPS) is 11.3. The van der Waals surface area contributed by atoms with Gasteiger partial charge in [0.25, 0.3) is 10.0 Å². The molecule has 23 heavy (non-hydrogen) atoms. The third-order valence-corrected chi connectivity index (χ3v) is 4.56. The summed E-state index contributed by atoms with van der Waals surface area (Å²) in [5.74, 6) is -0.0681. The minimum Gasteiger partial charge on any atom is -0.266 e. The number of halogens is 1. The maximum Gasteiger partial charge on any atom is 0.263 e. The molecule has 2 aromatic carbocycles.